The number of carbonyl (C=O) groups excluding carboxylic acids is 1. The van der Waals surface area contributed by atoms with E-state index in [2.05, 4.69) is 10.3 Å². The van der Waals surface area contributed by atoms with Crippen LogP contribution in [0.2, 0.25) is 0 Å². The van der Waals surface area contributed by atoms with Crippen LogP contribution in [0.1, 0.15) is 11.3 Å². The van der Waals surface area contributed by atoms with Gasteiger partial charge in [-0.1, -0.05) is 6.07 Å². The van der Waals surface area contributed by atoms with Crippen LogP contribution in [0.25, 0.3) is 0 Å². The summed E-state index contributed by atoms with van der Waals surface area (Å²) < 4.78 is 11.8. The second kappa shape index (κ2) is 8.14. The van der Waals surface area contributed by atoms with Gasteiger partial charge >= 0.3 is 0 Å². The first kappa shape index (κ1) is 17.5. The van der Waals surface area contributed by atoms with Crippen LogP contribution in [0.5, 0.6) is 11.5 Å². The second-order valence-electron chi connectivity index (χ2n) is 5.28. The van der Waals surface area contributed by atoms with E-state index in [4.69, 9.17) is 9.47 Å². The second-order valence-corrected chi connectivity index (χ2v) is 5.28. The molecule has 24 heavy (non-hydrogen) atoms. The minimum atomic E-state index is -0.129. The molecule has 0 aliphatic carbocycles. The first-order valence-electron chi connectivity index (χ1n) is 7.54. The molecule has 1 amide bonds. The van der Waals surface area contributed by atoms with E-state index in [0.29, 0.717) is 30.3 Å². The molecular formula is C17H21N3O4. The zero-order valence-corrected chi connectivity index (χ0v) is 14.0. The van der Waals surface area contributed by atoms with Crippen LogP contribution < -0.4 is 20.3 Å². The highest BCUT2D eigenvalue weighted by Crippen LogP contribution is 2.27. The van der Waals surface area contributed by atoms with E-state index >= 15 is 0 Å². The number of hydrogen-bond acceptors (Lipinski definition) is 5. The van der Waals surface area contributed by atoms with Gasteiger partial charge in [-0.3, -0.25) is 14.2 Å². The smallest absolute Gasteiger partial charge is 0.253 e. The fourth-order valence-electron chi connectivity index (χ4n) is 2.24. The Labute approximate surface area is 140 Å². The van der Waals surface area contributed by atoms with Gasteiger partial charge < -0.3 is 14.8 Å². The van der Waals surface area contributed by atoms with Crippen molar-refractivity contribution >= 4 is 5.91 Å². The van der Waals surface area contributed by atoms with Gasteiger partial charge in [0.1, 0.15) is 0 Å². The summed E-state index contributed by atoms with van der Waals surface area (Å²) in [6.07, 6.45) is 1.71. The summed E-state index contributed by atoms with van der Waals surface area (Å²) in [4.78, 5) is 27.8. The van der Waals surface area contributed by atoms with Gasteiger partial charge in [0.15, 0.2) is 11.5 Å². The third-order valence-corrected chi connectivity index (χ3v) is 3.50. The van der Waals surface area contributed by atoms with E-state index < -0.39 is 0 Å². The van der Waals surface area contributed by atoms with Crippen molar-refractivity contribution in [3.8, 4) is 11.5 Å². The van der Waals surface area contributed by atoms with Gasteiger partial charge in [-0.15, -0.1) is 0 Å². The van der Waals surface area contributed by atoms with Crippen LogP contribution in [-0.4, -0.2) is 36.2 Å². The minimum absolute atomic E-state index is 0.128. The largest absolute Gasteiger partial charge is 0.493 e. The number of carbonyl (C=O) groups is 1. The molecule has 1 N–H and O–H groups in total. The van der Waals surface area contributed by atoms with Crippen molar-refractivity contribution in [2.75, 3.05) is 20.8 Å². The summed E-state index contributed by atoms with van der Waals surface area (Å²) >= 11 is 0. The lowest BCUT2D eigenvalue weighted by Crippen LogP contribution is -2.31. The summed E-state index contributed by atoms with van der Waals surface area (Å²) in [5, 5.41) is 2.79. The van der Waals surface area contributed by atoms with Crippen LogP contribution in [0, 0.1) is 6.92 Å². The predicted molar refractivity (Wildman–Crippen MR) is 89.5 cm³/mol. The number of amides is 1. The van der Waals surface area contributed by atoms with E-state index in [9.17, 15) is 9.59 Å². The van der Waals surface area contributed by atoms with E-state index in [-0.39, 0.29) is 17.9 Å². The fourth-order valence-corrected chi connectivity index (χ4v) is 2.24. The number of nitrogens with one attached hydrogen (secondary N) is 1. The molecule has 0 spiro atoms. The number of ether oxygens (including phenoxy) is 2. The normalized spacial score (nSPS) is 10.3. The molecule has 2 aromatic rings. The molecule has 0 aliphatic rings. The number of aromatic nitrogens is 2. The zero-order chi connectivity index (χ0) is 17.5. The maximum Gasteiger partial charge on any atom is 0.253 e. The van der Waals surface area contributed by atoms with Crippen LogP contribution in [-0.2, 0) is 17.8 Å². The average molecular weight is 331 g/mol. The lowest BCUT2D eigenvalue weighted by molar-refractivity contribution is -0.120. The molecule has 7 heteroatoms. The van der Waals surface area contributed by atoms with Gasteiger partial charge in [-0.05, 0) is 24.6 Å². The molecule has 1 aromatic carbocycles. The first-order valence-corrected chi connectivity index (χ1v) is 7.54. The molecule has 2 rings (SSSR count). The maximum atomic E-state index is 12.0. The number of methoxy groups -OCH3 is 2. The maximum absolute atomic E-state index is 12.0. The standard InChI is InChI=1S/C17H21N3O4/c1-12-8-17(22)20(11-19-12)7-6-18-16(21)10-13-4-5-14(23-2)15(9-13)24-3/h4-5,8-9,11H,6-7,10H2,1-3H3,(H,18,21). The van der Waals surface area contributed by atoms with E-state index in [1.807, 2.05) is 6.07 Å². The molecule has 128 valence electrons. The lowest BCUT2D eigenvalue weighted by atomic mass is 10.1. The molecule has 7 nitrogen and oxygen atoms in total. The molecule has 0 unspecified atom stereocenters. The van der Waals surface area contributed by atoms with Gasteiger partial charge in [0.2, 0.25) is 5.91 Å². The van der Waals surface area contributed by atoms with Crippen LogP contribution in [0.3, 0.4) is 0 Å². The summed E-state index contributed by atoms with van der Waals surface area (Å²) in [6.45, 7) is 2.50. The first-order chi connectivity index (χ1) is 11.5. The highest BCUT2D eigenvalue weighted by Gasteiger charge is 2.08. The van der Waals surface area contributed by atoms with E-state index in [1.54, 1.807) is 33.3 Å². The summed E-state index contributed by atoms with van der Waals surface area (Å²) in [5.74, 6) is 1.07. The molecule has 0 fully saturated rings. The lowest BCUT2D eigenvalue weighted by Gasteiger charge is -2.10. The van der Waals surface area contributed by atoms with Crippen molar-refractivity contribution < 1.29 is 14.3 Å². The van der Waals surface area contributed by atoms with Gasteiger partial charge in [-0.25, -0.2) is 4.98 Å². The molecule has 0 aliphatic heterocycles. The fraction of sp³-hybridized carbons (Fsp3) is 0.353. The Morgan fingerprint density at radius 1 is 1.21 bits per heavy atom. The SMILES string of the molecule is COc1ccc(CC(=O)NCCn2cnc(C)cc2=O)cc1OC. The van der Waals surface area contributed by atoms with Crippen molar-refractivity contribution in [2.24, 2.45) is 0 Å². The third-order valence-electron chi connectivity index (χ3n) is 3.50. The van der Waals surface area contributed by atoms with Crippen molar-refractivity contribution in [3.05, 3.63) is 52.2 Å². The highest BCUT2D eigenvalue weighted by molar-refractivity contribution is 5.78. The zero-order valence-electron chi connectivity index (χ0n) is 14.0. The van der Waals surface area contributed by atoms with Crippen molar-refractivity contribution in [1.29, 1.82) is 0 Å². The molecule has 1 heterocycles. The van der Waals surface area contributed by atoms with Gasteiger partial charge in [0.05, 0.1) is 27.0 Å². The van der Waals surface area contributed by atoms with Crippen LogP contribution in [0.4, 0.5) is 0 Å². The molecule has 0 bridgehead atoms. The van der Waals surface area contributed by atoms with Crippen LogP contribution in [0.15, 0.2) is 35.4 Å². The molecule has 1 aromatic heterocycles. The topological polar surface area (TPSA) is 82.5 Å². The van der Waals surface area contributed by atoms with Gasteiger partial charge in [0, 0.05) is 24.8 Å². The molecular weight excluding hydrogens is 310 g/mol. The molecule has 0 saturated carbocycles. The number of hydrogen-bond donors (Lipinski definition) is 1. The summed E-state index contributed by atoms with van der Waals surface area (Å²) in [6, 6.07) is 6.81. The van der Waals surface area contributed by atoms with Crippen molar-refractivity contribution in [2.45, 2.75) is 19.9 Å². The van der Waals surface area contributed by atoms with E-state index in [0.717, 1.165) is 5.56 Å². The Balaban J connectivity index is 1.88. The Hall–Kier alpha value is -2.83. The Kier molecular flexibility index (Phi) is 5.95. The monoisotopic (exact) mass is 331 g/mol. The summed E-state index contributed by atoms with van der Waals surface area (Å²) in [5.41, 5.74) is 1.37. The predicted octanol–water partition coefficient (Wildman–Crippen LogP) is 0.928. The molecule has 0 radical (unpaired) electrons. The number of nitrogens with zero attached hydrogens (tertiary/aromatic N) is 2. The van der Waals surface area contributed by atoms with E-state index in [1.165, 1.54) is 17.0 Å². The highest BCUT2D eigenvalue weighted by atomic mass is 16.5. The Bertz CT molecular complexity index is 771. The van der Waals surface area contributed by atoms with Crippen molar-refractivity contribution in [1.82, 2.24) is 14.9 Å². The average Bonchev–Trinajstić information content (AvgIpc) is 2.56. The number of aryl methyl sites for hydroxylation is 1. The van der Waals surface area contributed by atoms with Gasteiger partial charge in [0.25, 0.3) is 5.56 Å². The number of benzene rings is 1. The van der Waals surface area contributed by atoms with Gasteiger partial charge in [-0.2, -0.15) is 0 Å². The Morgan fingerprint density at radius 3 is 2.62 bits per heavy atom. The van der Waals surface area contributed by atoms with Crippen molar-refractivity contribution in [3.63, 3.8) is 0 Å². The summed E-state index contributed by atoms with van der Waals surface area (Å²) in [7, 11) is 3.11. The minimum Gasteiger partial charge on any atom is -0.493 e. The van der Waals surface area contributed by atoms with Crippen LogP contribution >= 0.6 is 0 Å². The Morgan fingerprint density at radius 2 is 1.96 bits per heavy atom. The quantitative estimate of drug-likeness (QED) is 0.816. The molecule has 0 atom stereocenters. The molecule has 0 saturated heterocycles. The third kappa shape index (κ3) is 4.58. The number of rotatable bonds is 7.